The summed E-state index contributed by atoms with van der Waals surface area (Å²) in [6.45, 7) is 9.36. The Bertz CT molecular complexity index is 1040. The van der Waals surface area contributed by atoms with Gasteiger partial charge in [0.05, 0.1) is 11.2 Å². The lowest BCUT2D eigenvalue weighted by Crippen LogP contribution is -2.46. The first kappa shape index (κ1) is 24.5. The van der Waals surface area contributed by atoms with Crippen LogP contribution < -0.4 is 21.8 Å². The number of nitrogens with two attached hydrogens (primary N) is 1. The molecule has 0 radical (unpaired) electrons. The highest BCUT2D eigenvalue weighted by Crippen LogP contribution is 2.36. The predicted octanol–water partition coefficient (Wildman–Crippen LogP) is 1.77. The zero-order valence-electron chi connectivity index (χ0n) is 19.6. The van der Waals surface area contributed by atoms with E-state index < -0.39 is 36.2 Å². The van der Waals surface area contributed by atoms with E-state index in [4.69, 9.17) is 15.0 Å². The molecule has 8 nitrogen and oxygen atoms in total. The van der Waals surface area contributed by atoms with Gasteiger partial charge in [0, 0.05) is 24.6 Å². The van der Waals surface area contributed by atoms with E-state index in [2.05, 4.69) is 10.6 Å². The second-order valence-electron chi connectivity index (χ2n) is 9.22. The molecule has 1 aliphatic rings. The van der Waals surface area contributed by atoms with Crippen LogP contribution in [-0.2, 0) is 25.3 Å². The lowest BCUT2D eigenvalue weighted by molar-refractivity contribution is -0.119. The molecular formula is C24H30BN3O5. The Hall–Kier alpha value is -3.17. The number of hydrogen-bond donors (Lipinski definition) is 3. The summed E-state index contributed by atoms with van der Waals surface area (Å²) in [5.41, 5.74) is 7.17. The Balaban J connectivity index is 1.67. The lowest BCUT2D eigenvalue weighted by atomic mass is 9.78. The zero-order valence-corrected chi connectivity index (χ0v) is 19.6. The Morgan fingerprint density at radius 1 is 1.00 bits per heavy atom. The van der Waals surface area contributed by atoms with Gasteiger partial charge in [-0.25, -0.2) is 0 Å². The number of nitrogens with one attached hydrogen (secondary N) is 2. The molecule has 1 atom stereocenters. The van der Waals surface area contributed by atoms with E-state index in [0.717, 1.165) is 11.0 Å². The minimum Gasteiger partial charge on any atom is -0.399 e. The molecule has 33 heavy (non-hydrogen) atoms. The van der Waals surface area contributed by atoms with E-state index >= 15 is 0 Å². The number of benzene rings is 2. The molecule has 1 aliphatic heterocycles. The van der Waals surface area contributed by atoms with Crippen molar-refractivity contribution in [1.29, 1.82) is 0 Å². The monoisotopic (exact) mass is 451 g/mol. The summed E-state index contributed by atoms with van der Waals surface area (Å²) in [6, 6.07) is 13.0. The van der Waals surface area contributed by atoms with Crippen molar-refractivity contribution in [2.45, 2.75) is 58.3 Å². The molecular weight excluding hydrogens is 421 g/mol. The van der Waals surface area contributed by atoms with Gasteiger partial charge in [0.15, 0.2) is 0 Å². The fraction of sp³-hybridized carbons (Fsp3) is 0.375. The molecule has 0 bridgehead atoms. The van der Waals surface area contributed by atoms with Crippen molar-refractivity contribution >= 4 is 36.0 Å². The van der Waals surface area contributed by atoms with Gasteiger partial charge in [0.2, 0.25) is 11.8 Å². The molecule has 0 saturated carbocycles. The number of hydrogen-bond acceptors (Lipinski definition) is 5. The topological polar surface area (TPSA) is 120 Å². The smallest absolute Gasteiger partial charge is 0.399 e. The molecule has 0 spiro atoms. The Kier molecular flexibility index (Phi) is 6.95. The highest BCUT2D eigenvalue weighted by atomic mass is 16.7. The summed E-state index contributed by atoms with van der Waals surface area (Å²) < 4.78 is 12.1. The Morgan fingerprint density at radius 2 is 1.61 bits per heavy atom. The molecule has 3 rings (SSSR count). The maximum absolute atomic E-state index is 12.7. The SMILES string of the molecule is CC(=O)Nc1cccc(C(=O)N[C@H](Cc2ccc(B3OC(C)(C)C(C)(C)O3)cc2)C(N)=O)c1. The third-order valence-electron chi connectivity index (χ3n) is 6.04. The van der Waals surface area contributed by atoms with Crippen LogP contribution in [0, 0.1) is 0 Å². The van der Waals surface area contributed by atoms with Crippen LogP contribution >= 0.6 is 0 Å². The third-order valence-corrected chi connectivity index (χ3v) is 6.04. The van der Waals surface area contributed by atoms with Crippen LogP contribution in [0.25, 0.3) is 0 Å². The second kappa shape index (κ2) is 9.37. The van der Waals surface area contributed by atoms with Gasteiger partial charge in [-0.1, -0.05) is 30.3 Å². The van der Waals surface area contributed by atoms with Gasteiger partial charge in [-0.05, 0) is 56.9 Å². The van der Waals surface area contributed by atoms with Crippen molar-refractivity contribution in [1.82, 2.24) is 5.32 Å². The molecule has 4 N–H and O–H groups in total. The lowest BCUT2D eigenvalue weighted by Gasteiger charge is -2.32. The summed E-state index contributed by atoms with van der Waals surface area (Å²) in [6.07, 6.45) is 0.232. The van der Waals surface area contributed by atoms with Gasteiger partial charge in [0.25, 0.3) is 5.91 Å². The van der Waals surface area contributed by atoms with Gasteiger partial charge in [-0.2, -0.15) is 0 Å². The highest BCUT2D eigenvalue weighted by molar-refractivity contribution is 6.62. The molecule has 1 fully saturated rings. The number of carbonyl (C=O) groups excluding carboxylic acids is 3. The molecule has 1 saturated heterocycles. The normalized spacial score (nSPS) is 17.3. The maximum atomic E-state index is 12.7. The first-order valence-corrected chi connectivity index (χ1v) is 10.8. The van der Waals surface area contributed by atoms with Crippen LogP contribution in [0.3, 0.4) is 0 Å². The van der Waals surface area contributed by atoms with E-state index in [1.54, 1.807) is 18.2 Å². The van der Waals surface area contributed by atoms with Gasteiger partial charge in [-0.15, -0.1) is 0 Å². The average Bonchev–Trinajstić information content (AvgIpc) is 2.94. The van der Waals surface area contributed by atoms with Gasteiger partial charge >= 0.3 is 7.12 Å². The van der Waals surface area contributed by atoms with Crippen LogP contribution in [0.1, 0.15) is 50.5 Å². The van der Waals surface area contributed by atoms with Crippen LogP contribution in [0.5, 0.6) is 0 Å². The summed E-state index contributed by atoms with van der Waals surface area (Å²) in [5.74, 6) is -1.34. The summed E-state index contributed by atoms with van der Waals surface area (Å²) in [7, 11) is -0.480. The molecule has 1 heterocycles. The summed E-state index contributed by atoms with van der Waals surface area (Å²) >= 11 is 0. The van der Waals surface area contributed by atoms with E-state index in [-0.39, 0.29) is 12.3 Å². The molecule has 0 aromatic heterocycles. The van der Waals surface area contributed by atoms with Crippen molar-refractivity contribution < 1.29 is 23.7 Å². The van der Waals surface area contributed by atoms with E-state index in [1.807, 2.05) is 52.0 Å². The van der Waals surface area contributed by atoms with E-state index in [1.165, 1.54) is 13.0 Å². The van der Waals surface area contributed by atoms with E-state index in [0.29, 0.717) is 11.3 Å². The van der Waals surface area contributed by atoms with Gasteiger partial charge in [0.1, 0.15) is 6.04 Å². The van der Waals surface area contributed by atoms with Gasteiger partial charge in [-0.3, -0.25) is 14.4 Å². The number of primary amides is 1. The molecule has 174 valence electrons. The van der Waals surface area contributed by atoms with Crippen LogP contribution in [-0.4, -0.2) is 42.1 Å². The number of amides is 3. The fourth-order valence-electron chi connectivity index (χ4n) is 3.43. The minimum absolute atomic E-state index is 0.232. The second-order valence-corrected chi connectivity index (χ2v) is 9.22. The quantitative estimate of drug-likeness (QED) is 0.555. The van der Waals surface area contributed by atoms with Crippen LogP contribution in [0.4, 0.5) is 5.69 Å². The molecule has 0 aliphatic carbocycles. The minimum atomic E-state index is -0.899. The number of anilines is 1. The van der Waals surface area contributed by atoms with E-state index in [9.17, 15) is 14.4 Å². The number of carbonyl (C=O) groups is 3. The van der Waals surface area contributed by atoms with Crippen molar-refractivity contribution in [3.63, 3.8) is 0 Å². The van der Waals surface area contributed by atoms with Crippen molar-refractivity contribution in [3.8, 4) is 0 Å². The molecule has 9 heteroatoms. The average molecular weight is 451 g/mol. The first-order chi connectivity index (χ1) is 15.4. The van der Waals surface area contributed by atoms with Crippen molar-refractivity contribution in [2.75, 3.05) is 5.32 Å². The molecule has 2 aromatic rings. The summed E-state index contributed by atoms with van der Waals surface area (Å²) in [4.78, 5) is 35.9. The Morgan fingerprint density at radius 3 is 2.15 bits per heavy atom. The largest absolute Gasteiger partial charge is 0.494 e. The Labute approximate surface area is 194 Å². The fourth-order valence-corrected chi connectivity index (χ4v) is 3.43. The van der Waals surface area contributed by atoms with Crippen molar-refractivity contribution in [3.05, 3.63) is 59.7 Å². The molecule has 3 amide bonds. The summed E-state index contributed by atoms with van der Waals surface area (Å²) in [5, 5.41) is 5.30. The van der Waals surface area contributed by atoms with Crippen LogP contribution in [0.15, 0.2) is 48.5 Å². The standard InChI is InChI=1S/C24H30BN3O5/c1-15(29)27-19-8-6-7-17(14-19)22(31)28-20(21(26)30)13-16-9-11-18(12-10-16)25-32-23(2,3)24(4,5)33-25/h6-12,14,20H,13H2,1-5H3,(H2,26,30)(H,27,29)(H,28,31)/t20-/m1/s1. The first-order valence-electron chi connectivity index (χ1n) is 10.8. The van der Waals surface area contributed by atoms with Gasteiger partial charge < -0.3 is 25.7 Å². The third kappa shape index (κ3) is 5.80. The zero-order chi connectivity index (χ0) is 24.4. The number of rotatable bonds is 7. The molecule has 2 aromatic carbocycles. The maximum Gasteiger partial charge on any atom is 0.494 e. The molecule has 0 unspecified atom stereocenters. The van der Waals surface area contributed by atoms with Crippen LogP contribution in [0.2, 0.25) is 0 Å². The predicted molar refractivity (Wildman–Crippen MR) is 127 cm³/mol. The highest BCUT2D eigenvalue weighted by Gasteiger charge is 2.51. The van der Waals surface area contributed by atoms with Crippen molar-refractivity contribution in [2.24, 2.45) is 5.73 Å².